The molecule has 0 heterocycles. The van der Waals surface area contributed by atoms with E-state index in [1.807, 2.05) is 0 Å². The van der Waals surface area contributed by atoms with Crippen molar-refractivity contribution in [3.8, 4) is 0 Å². The third kappa shape index (κ3) is 4.65. The van der Waals surface area contributed by atoms with E-state index in [4.69, 9.17) is 9.84 Å². The molecule has 1 aromatic rings. The highest BCUT2D eigenvalue weighted by atomic mass is 32.2. The molecule has 0 aliphatic carbocycles. The second-order valence-corrected chi connectivity index (χ2v) is 7.46. The normalized spacial score (nSPS) is 14.2. The first-order chi connectivity index (χ1) is 9.01. The number of hydrogen-bond donors (Lipinski definition) is 1. The van der Waals surface area contributed by atoms with Gasteiger partial charge in [0.2, 0.25) is 0 Å². The summed E-state index contributed by atoms with van der Waals surface area (Å²) in [6, 6.07) is 5.37. The lowest BCUT2D eigenvalue weighted by atomic mass is 10.2. The van der Waals surface area contributed by atoms with E-state index in [0.29, 0.717) is 0 Å². The first kappa shape index (κ1) is 16.2. The zero-order chi connectivity index (χ0) is 15.6. The highest BCUT2D eigenvalue weighted by molar-refractivity contribution is 7.93. The first-order valence-electron chi connectivity index (χ1n) is 5.80. The van der Waals surface area contributed by atoms with Crippen LogP contribution in [0.15, 0.2) is 33.5 Å². The second-order valence-electron chi connectivity index (χ2n) is 5.20. The van der Waals surface area contributed by atoms with Crippen molar-refractivity contribution in [2.75, 3.05) is 6.26 Å². The number of ether oxygens (including phenoxy) is 1. The fraction of sp³-hybridized carbons (Fsp3) is 0.385. The number of benzene rings is 1. The quantitative estimate of drug-likeness (QED) is 0.906. The molecule has 0 saturated carbocycles. The summed E-state index contributed by atoms with van der Waals surface area (Å²) in [5, 5.41) is 8.78. The van der Waals surface area contributed by atoms with Gasteiger partial charge in [-0.2, -0.15) is 0 Å². The van der Waals surface area contributed by atoms with Gasteiger partial charge in [0, 0.05) is 11.2 Å². The first-order valence-corrected chi connectivity index (χ1v) is 7.72. The van der Waals surface area contributed by atoms with Crippen molar-refractivity contribution in [2.24, 2.45) is 4.36 Å². The number of carboxylic acid groups (broad SMARTS) is 1. The summed E-state index contributed by atoms with van der Waals surface area (Å²) >= 11 is 0. The molecule has 20 heavy (non-hydrogen) atoms. The van der Waals surface area contributed by atoms with Crippen molar-refractivity contribution < 1.29 is 23.6 Å². The van der Waals surface area contributed by atoms with Crippen molar-refractivity contribution in [1.82, 2.24) is 0 Å². The second kappa shape index (κ2) is 5.62. The maximum Gasteiger partial charge on any atom is 0.442 e. The summed E-state index contributed by atoms with van der Waals surface area (Å²) < 4.78 is 20.9. The molecule has 0 aliphatic heterocycles. The van der Waals surface area contributed by atoms with Gasteiger partial charge in [-0.1, -0.05) is 0 Å². The van der Waals surface area contributed by atoms with Crippen LogP contribution in [-0.4, -0.2) is 33.2 Å². The molecule has 0 bridgehead atoms. The Hall–Kier alpha value is -1.89. The molecule has 1 unspecified atom stereocenters. The van der Waals surface area contributed by atoms with Crippen LogP contribution >= 0.6 is 0 Å². The SMILES string of the molecule is CC(C)(C)OC(=O)N=S(C)(=O)c1ccc(C(=O)O)cc1. The number of carbonyl (C=O) groups is 2. The number of hydrogen-bond acceptors (Lipinski definition) is 4. The molecule has 0 aromatic heterocycles. The van der Waals surface area contributed by atoms with Crippen LogP contribution in [0.4, 0.5) is 4.79 Å². The average Bonchev–Trinajstić information content (AvgIpc) is 2.25. The van der Waals surface area contributed by atoms with Gasteiger partial charge in [-0.05, 0) is 45.0 Å². The molecule has 110 valence electrons. The van der Waals surface area contributed by atoms with Gasteiger partial charge >= 0.3 is 12.1 Å². The maximum absolute atomic E-state index is 12.4. The van der Waals surface area contributed by atoms with Crippen LogP contribution in [0, 0.1) is 0 Å². The molecule has 0 radical (unpaired) electrons. The third-order valence-corrected chi connectivity index (χ3v) is 3.83. The van der Waals surface area contributed by atoms with E-state index in [1.54, 1.807) is 20.8 Å². The molecule has 0 aliphatic rings. The number of carbonyl (C=O) groups excluding carboxylic acids is 1. The Kier molecular flexibility index (Phi) is 4.54. The number of carboxylic acids is 1. The van der Waals surface area contributed by atoms with Crippen LogP contribution in [0.1, 0.15) is 31.1 Å². The zero-order valence-corrected chi connectivity index (χ0v) is 12.6. The standard InChI is InChI=1S/C13H17NO5S/c1-13(2,3)19-12(17)14-20(4,18)10-7-5-9(6-8-10)11(15)16/h5-8H,1-4H3,(H,15,16). The lowest BCUT2D eigenvalue weighted by Gasteiger charge is -2.17. The molecule has 0 saturated heterocycles. The number of aromatic carboxylic acids is 1. The fourth-order valence-corrected chi connectivity index (χ4v) is 2.39. The highest BCUT2D eigenvalue weighted by Gasteiger charge is 2.18. The molecule has 1 aromatic carbocycles. The van der Waals surface area contributed by atoms with Crippen molar-refractivity contribution in [3.63, 3.8) is 0 Å². The van der Waals surface area contributed by atoms with Crippen LogP contribution < -0.4 is 0 Å². The molecule has 1 atom stereocenters. The van der Waals surface area contributed by atoms with Crippen molar-refractivity contribution in [1.29, 1.82) is 0 Å². The van der Waals surface area contributed by atoms with E-state index in [-0.39, 0.29) is 10.5 Å². The molecule has 0 fully saturated rings. The Morgan fingerprint density at radius 1 is 1.20 bits per heavy atom. The number of amides is 1. The van der Waals surface area contributed by atoms with Crippen LogP contribution in [-0.2, 0) is 14.5 Å². The number of nitrogens with zero attached hydrogens (tertiary/aromatic N) is 1. The highest BCUT2D eigenvalue weighted by Crippen LogP contribution is 2.15. The minimum Gasteiger partial charge on any atom is -0.478 e. The van der Waals surface area contributed by atoms with Gasteiger partial charge in [0.1, 0.15) is 5.60 Å². The van der Waals surface area contributed by atoms with Gasteiger partial charge in [-0.15, -0.1) is 4.36 Å². The summed E-state index contributed by atoms with van der Waals surface area (Å²) in [7, 11) is -2.97. The smallest absolute Gasteiger partial charge is 0.442 e. The Morgan fingerprint density at radius 2 is 1.70 bits per heavy atom. The Morgan fingerprint density at radius 3 is 2.10 bits per heavy atom. The predicted octanol–water partition coefficient (Wildman–Crippen LogP) is 2.78. The average molecular weight is 299 g/mol. The van der Waals surface area contributed by atoms with E-state index >= 15 is 0 Å². The van der Waals surface area contributed by atoms with Gasteiger partial charge in [0.05, 0.1) is 15.3 Å². The van der Waals surface area contributed by atoms with E-state index in [0.717, 1.165) is 0 Å². The molecule has 1 N–H and O–H groups in total. The van der Waals surface area contributed by atoms with Gasteiger partial charge in [-0.3, -0.25) is 0 Å². The fourth-order valence-electron chi connectivity index (χ4n) is 1.33. The van der Waals surface area contributed by atoms with E-state index in [2.05, 4.69) is 4.36 Å². The van der Waals surface area contributed by atoms with Crippen molar-refractivity contribution in [2.45, 2.75) is 31.3 Å². The van der Waals surface area contributed by atoms with Gasteiger partial charge in [0.15, 0.2) is 0 Å². The van der Waals surface area contributed by atoms with Crippen molar-refractivity contribution in [3.05, 3.63) is 29.8 Å². The summed E-state index contributed by atoms with van der Waals surface area (Å²) in [5.74, 6) is -1.08. The third-order valence-electron chi connectivity index (χ3n) is 2.18. The zero-order valence-electron chi connectivity index (χ0n) is 11.7. The Bertz CT molecular complexity index is 634. The van der Waals surface area contributed by atoms with Gasteiger partial charge in [-0.25, -0.2) is 13.8 Å². The van der Waals surface area contributed by atoms with E-state index in [1.165, 1.54) is 30.5 Å². The maximum atomic E-state index is 12.4. The Labute approximate surface area is 117 Å². The van der Waals surface area contributed by atoms with Gasteiger partial charge < -0.3 is 9.84 Å². The largest absolute Gasteiger partial charge is 0.478 e. The molecule has 1 rings (SSSR count). The molecular formula is C13H17NO5S. The predicted molar refractivity (Wildman–Crippen MR) is 74.4 cm³/mol. The Balaban J connectivity index is 3.07. The van der Waals surface area contributed by atoms with E-state index in [9.17, 15) is 13.8 Å². The van der Waals surface area contributed by atoms with Crippen LogP contribution in [0.2, 0.25) is 0 Å². The van der Waals surface area contributed by atoms with Crippen molar-refractivity contribution >= 4 is 21.8 Å². The van der Waals surface area contributed by atoms with E-state index < -0.39 is 27.4 Å². The summed E-state index contributed by atoms with van der Waals surface area (Å²) in [6.07, 6.45) is 0.388. The summed E-state index contributed by atoms with van der Waals surface area (Å²) in [5.41, 5.74) is -0.648. The lowest BCUT2D eigenvalue weighted by Crippen LogP contribution is -2.22. The summed E-state index contributed by atoms with van der Waals surface area (Å²) in [6.45, 7) is 5.04. The lowest BCUT2D eigenvalue weighted by molar-refractivity contribution is 0.0606. The number of rotatable bonds is 2. The summed E-state index contributed by atoms with van der Waals surface area (Å²) in [4.78, 5) is 22.6. The monoisotopic (exact) mass is 299 g/mol. The topological polar surface area (TPSA) is 93.0 Å². The molecule has 0 spiro atoms. The molecule has 6 nitrogen and oxygen atoms in total. The van der Waals surface area contributed by atoms with Crippen LogP contribution in [0.25, 0.3) is 0 Å². The molecule has 7 heteroatoms. The van der Waals surface area contributed by atoms with Crippen LogP contribution in [0.3, 0.4) is 0 Å². The molecule has 1 amide bonds. The van der Waals surface area contributed by atoms with Crippen LogP contribution in [0.5, 0.6) is 0 Å². The van der Waals surface area contributed by atoms with Gasteiger partial charge in [0.25, 0.3) is 0 Å². The molecular weight excluding hydrogens is 282 g/mol. The minimum atomic E-state index is -2.97. The minimum absolute atomic E-state index is 0.0706.